The van der Waals surface area contributed by atoms with Gasteiger partial charge in [0.2, 0.25) is 0 Å². The van der Waals surface area contributed by atoms with Gasteiger partial charge in [0.15, 0.2) is 0 Å². The number of hydrogen-bond acceptors (Lipinski definition) is 3. The molecule has 174 valence electrons. The van der Waals surface area contributed by atoms with Crippen molar-refractivity contribution >= 4 is 11.8 Å². The van der Waals surface area contributed by atoms with Crippen molar-refractivity contribution in [3.05, 3.63) is 58.0 Å². The molecule has 1 aromatic rings. The molecule has 32 heavy (non-hydrogen) atoms. The highest BCUT2D eigenvalue weighted by Gasteiger charge is 2.38. The predicted octanol–water partition coefficient (Wildman–Crippen LogP) is 6.92. The van der Waals surface area contributed by atoms with Gasteiger partial charge in [0.1, 0.15) is 5.82 Å². The summed E-state index contributed by atoms with van der Waals surface area (Å²) in [5, 5.41) is 9.62. The number of allylic oxidation sites excluding steroid dienone is 4. The first-order valence-corrected chi connectivity index (χ1v) is 12.0. The summed E-state index contributed by atoms with van der Waals surface area (Å²) in [6.07, 6.45) is 7.74. The van der Waals surface area contributed by atoms with Crippen molar-refractivity contribution in [3.8, 4) is 0 Å². The largest absolute Gasteiger partial charge is 0.478 e. The molecule has 0 saturated heterocycles. The Balaban J connectivity index is 2.11. The van der Waals surface area contributed by atoms with Crippen molar-refractivity contribution in [1.82, 2.24) is 4.98 Å². The molecule has 1 N–H and O–H groups in total. The molecule has 1 unspecified atom stereocenters. The van der Waals surface area contributed by atoms with Crippen LogP contribution in [0.15, 0.2) is 46.7 Å². The molecule has 2 aliphatic rings. The number of rotatable bonds is 4. The number of fused-ring (bicyclic) bond motifs is 1. The Morgan fingerprint density at radius 1 is 1.12 bits per heavy atom. The van der Waals surface area contributed by atoms with Gasteiger partial charge in [-0.3, -0.25) is 0 Å². The van der Waals surface area contributed by atoms with Gasteiger partial charge in [0.05, 0.1) is 11.3 Å². The lowest BCUT2D eigenvalue weighted by atomic mass is 9.65. The van der Waals surface area contributed by atoms with Gasteiger partial charge in [-0.05, 0) is 81.1 Å². The van der Waals surface area contributed by atoms with Crippen molar-refractivity contribution in [3.63, 3.8) is 0 Å². The molecular formula is C28H40N2O2. The van der Waals surface area contributed by atoms with Crippen LogP contribution in [0.4, 0.5) is 5.82 Å². The topological polar surface area (TPSA) is 53.4 Å². The van der Waals surface area contributed by atoms with Crippen LogP contribution in [-0.4, -0.2) is 22.6 Å². The van der Waals surface area contributed by atoms with Crippen LogP contribution < -0.4 is 4.90 Å². The summed E-state index contributed by atoms with van der Waals surface area (Å²) in [7, 11) is 0. The van der Waals surface area contributed by atoms with E-state index in [1.807, 2.05) is 19.1 Å². The van der Waals surface area contributed by atoms with E-state index in [2.05, 4.69) is 65.5 Å². The Morgan fingerprint density at radius 3 is 2.41 bits per heavy atom. The number of nitrogens with zero attached hydrogens (tertiary/aromatic N) is 2. The molecule has 3 rings (SSSR count). The summed E-state index contributed by atoms with van der Waals surface area (Å²) in [6, 6.07) is 4.48. The highest BCUT2D eigenvalue weighted by Crippen LogP contribution is 2.45. The maximum Gasteiger partial charge on any atom is 0.335 e. The van der Waals surface area contributed by atoms with Crippen molar-refractivity contribution in [2.75, 3.05) is 11.4 Å². The van der Waals surface area contributed by atoms with Gasteiger partial charge >= 0.3 is 5.97 Å². The Labute approximate surface area is 194 Å². The Morgan fingerprint density at radius 2 is 1.78 bits per heavy atom. The highest BCUT2D eigenvalue weighted by atomic mass is 16.4. The highest BCUT2D eigenvalue weighted by molar-refractivity contribution is 5.90. The zero-order valence-electron chi connectivity index (χ0n) is 21.2. The second kappa shape index (κ2) is 8.88. The molecule has 1 aromatic heterocycles. The predicted molar refractivity (Wildman–Crippen MR) is 133 cm³/mol. The number of anilines is 1. The van der Waals surface area contributed by atoms with E-state index in [9.17, 15) is 9.90 Å². The lowest BCUT2D eigenvalue weighted by molar-refractivity contribution is -0.132. The number of carboxylic acids is 1. The average molecular weight is 437 g/mol. The van der Waals surface area contributed by atoms with Gasteiger partial charge < -0.3 is 10.0 Å². The summed E-state index contributed by atoms with van der Waals surface area (Å²) in [5.41, 5.74) is 6.76. The first-order valence-electron chi connectivity index (χ1n) is 12.0. The molecule has 2 aliphatic carbocycles. The third-order valence-electron chi connectivity index (χ3n) is 7.52. The Hall–Kier alpha value is -2.36. The maximum absolute atomic E-state index is 11.7. The average Bonchev–Trinajstić information content (AvgIpc) is 2.77. The first kappa shape index (κ1) is 24.3. The SMILES string of the molecule is CCN(C1=C(C)C(C)C=C(C(=O)O)C=C(C)CC1)c1ccc2c(n1)C(C)(C)CCC2(C)C. The van der Waals surface area contributed by atoms with E-state index in [1.54, 1.807) is 0 Å². The van der Waals surface area contributed by atoms with Crippen LogP contribution in [0.25, 0.3) is 0 Å². The molecule has 4 heteroatoms. The minimum Gasteiger partial charge on any atom is -0.478 e. The number of pyridine rings is 1. The number of aliphatic carboxylic acids is 1. The van der Waals surface area contributed by atoms with E-state index in [1.165, 1.54) is 28.9 Å². The number of aromatic nitrogens is 1. The molecule has 0 bridgehead atoms. The lowest BCUT2D eigenvalue weighted by Gasteiger charge is -2.41. The van der Waals surface area contributed by atoms with Crippen LogP contribution in [0, 0.1) is 5.92 Å². The second-order valence-corrected chi connectivity index (χ2v) is 10.9. The van der Waals surface area contributed by atoms with Gasteiger partial charge in [0, 0.05) is 17.7 Å². The molecule has 1 heterocycles. The molecule has 0 radical (unpaired) electrons. The minimum atomic E-state index is -0.860. The van der Waals surface area contributed by atoms with Gasteiger partial charge in [-0.25, -0.2) is 9.78 Å². The molecule has 0 fully saturated rings. The van der Waals surface area contributed by atoms with E-state index >= 15 is 0 Å². The van der Waals surface area contributed by atoms with Gasteiger partial charge in [0.25, 0.3) is 0 Å². The summed E-state index contributed by atoms with van der Waals surface area (Å²) in [5.74, 6) is 0.184. The summed E-state index contributed by atoms with van der Waals surface area (Å²) >= 11 is 0. The molecule has 0 aromatic carbocycles. The number of hydrogen-bond donors (Lipinski definition) is 1. The van der Waals surface area contributed by atoms with Crippen molar-refractivity contribution in [2.24, 2.45) is 5.92 Å². The van der Waals surface area contributed by atoms with Crippen LogP contribution in [0.1, 0.15) is 92.3 Å². The molecule has 4 nitrogen and oxygen atoms in total. The third kappa shape index (κ3) is 4.69. The smallest absolute Gasteiger partial charge is 0.335 e. The molecule has 1 atom stereocenters. The molecule has 0 spiro atoms. The Kier molecular flexibility index (Phi) is 6.74. The third-order valence-corrected chi connectivity index (χ3v) is 7.52. The maximum atomic E-state index is 11.7. The van der Waals surface area contributed by atoms with Crippen LogP contribution in [0.3, 0.4) is 0 Å². The van der Waals surface area contributed by atoms with Gasteiger partial charge in [-0.2, -0.15) is 0 Å². The zero-order valence-corrected chi connectivity index (χ0v) is 21.2. The van der Waals surface area contributed by atoms with Crippen molar-refractivity contribution in [1.29, 1.82) is 0 Å². The van der Waals surface area contributed by atoms with Crippen LogP contribution in [-0.2, 0) is 15.6 Å². The fourth-order valence-corrected chi connectivity index (χ4v) is 5.07. The van der Waals surface area contributed by atoms with Crippen LogP contribution >= 0.6 is 0 Å². The molecule has 0 aliphatic heterocycles. The molecular weight excluding hydrogens is 396 g/mol. The van der Waals surface area contributed by atoms with E-state index in [0.717, 1.165) is 37.2 Å². The number of carbonyl (C=O) groups is 1. The van der Waals surface area contributed by atoms with Crippen molar-refractivity contribution in [2.45, 2.75) is 91.9 Å². The summed E-state index contributed by atoms with van der Waals surface area (Å²) < 4.78 is 0. The Bertz CT molecular complexity index is 995. The van der Waals surface area contributed by atoms with E-state index < -0.39 is 5.97 Å². The second-order valence-electron chi connectivity index (χ2n) is 10.9. The summed E-state index contributed by atoms with van der Waals surface area (Å²) in [6.45, 7) is 18.5. The van der Waals surface area contributed by atoms with Gasteiger partial charge in [-0.15, -0.1) is 0 Å². The van der Waals surface area contributed by atoms with Crippen molar-refractivity contribution < 1.29 is 9.90 Å². The van der Waals surface area contributed by atoms with E-state index in [4.69, 9.17) is 4.98 Å². The first-order chi connectivity index (χ1) is 14.9. The fourth-order valence-electron chi connectivity index (χ4n) is 5.07. The number of carboxylic acid groups (broad SMARTS) is 1. The normalized spacial score (nSPS) is 22.7. The van der Waals surface area contributed by atoms with Crippen LogP contribution in [0.2, 0.25) is 0 Å². The van der Waals surface area contributed by atoms with Gasteiger partial charge in [-0.1, -0.05) is 52.3 Å². The standard InChI is InChI=1S/C28H40N2O2/c1-9-30(23-12-10-18(2)16-21(26(31)32)17-19(3)20(23)4)24-13-11-22-25(29-24)28(7,8)15-14-27(22,5)6/h11,13,16-17,19H,9-10,12,14-15H2,1-8H3,(H,31,32). The fraction of sp³-hybridized carbons (Fsp3) is 0.571. The van der Waals surface area contributed by atoms with Crippen LogP contribution in [0.5, 0.6) is 0 Å². The summed E-state index contributed by atoms with van der Waals surface area (Å²) in [4.78, 5) is 19.3. The molecule has 0 amide bonds. The minimum absolute atomic E-state index is 0.0419. The lowest BCUT2D eigenvalue weighted by Crippen LogP contribution is -2.36. The van der Waals surface area contributed by atoms with E-state index in [-0.39, 0.29) is 16.7 Å². The molecule has 0 saturated carbocycles. The zero-order chi connectivity index (χ0) is 23.8. The van der Waals surface area contributed by atoms with E-state index in [0.29, 0.717) is 5.57 Å². The monoisotopic (exact) mass is 436 g/mol. The quantitative estimate of drug-likeness (QED) is 0.557.